The lowest BCUT2D eigenvalue weighted by Gasteiger charge is -2.16. The van der Waals surface area contributed by atoms with Crippen molar-refractivity contribution in [1.82, 2.24) is 9.13 Å². The molecular formula is C21H27N3O6. The van der Waals surface area contributed by atoms with E-state index in [-0.39, 0.29) is 30.3 Å². The average Bonchev–Trinajstić information content (AvgIpc) is 2.69. The molecule has 9 nitrogen and oxygen atoms in total. The van der Waals surface area contributed by atoms with Crippen LogP contribution in [0.25, 0.3) is 0 Å². The Morgan fingerprint density at radius 1 is 1.20 bits per heavy atom. The number of hydrogen-bond acceptors (Lipinski definition) is 7. The quantitative estimate of drug-likeness (QED) is 0.503. The van der Waals surface area contributed by atoms with Crippen molar-refractivity contribution >= 4 is 17.6 Å². The summed E-state index contributed by atoms with van der Waals surface area (Å²) in [5.41, 5.74) is 5.76. The predicted octanol–water partition coefficient (Wildman–Crippen LogP) is 1.07. The van der Waals surface area contributed by atoms with E-state index in [2.05, 4.69) is 0 Å². The topological polar surface area (TPSA) is 123 Å². The second-order valence-corrected chi connectivity index (χ2v) is 7.48. The third-order valence-corrected chi connectivity index (χ3v) is 4.60. The molecule has 162 valence electrons. The molecule has 0 spiro atoms. The van der Waals surface area contributed by atoms with Gasteiger partial charge in [-0.15, -0.1) is 0 Å². The molecule has 9 heteroatoms. The van der Waals surface area contributed by atoms with E-state index in [9.17, 15) is 19.2 Å². The maximum atomic E-state index is 12.6. The molecule has 0 aliphatic carbocycles. The molecule has 1 aromatic heterocycles. The summed E-state index contributed by atoms with van der Waals surface area (Å²) in [5.74, 6) is -0.920. The van der Waals surface area contributed by atoms with Crippen LogP contribution in [-0.4, -0.2) is 34.6 Å². The highest BCUT2D eigenvalue weighted by Gasteiger charge is 2.23. The minimum atomic E-state index is -0.818. The zero-order valence-electron chi connectivity index (χ0n) is 17.9. The molecule has 30 heavy (non-hydrogen) atoms. The number of carbonyl (C=O) groups excluding carboxylic acids is 2. The van der Waals surface area contributed by atoms with Crippen molar-refractivity contribution < 1.29 is 19.1 Å². The number of benzene rings is 1. The largest absolute Gasteiger partial charge is 0.496 e. The summed E-state index contributed by atoms with van der Waals surface area (Å²) < 4.78 is 12.3. The number of nitrogen functional groups attached to an aromatic ring is 1. The summed E-state index contributed by atoms with van der Waals surface area (Å²) in [4.78, 5) is 49.5. The fourth-order valence-corrected chi connectivity index (χ4v) is 3.00. The molecule has 1 heterocycles. The highest BCUT2D eigenvalue weighted by molar-refractivity contribution is 6.01. The lowest BCUT2D eigenvalue weighted by Crippen LogP contribution is -2.43. The maximum Gasteiger partial charge on any atom is 0.332 e. The van der Waals surface area contributed by atoms with Gasteiger partial charge in [0.15, 0.2) is 6.61 Å². The van der Waals surface area contributed by atoms with Crippen LogP contribution < -0.4 is 21.7 Å². The molecule has 0 bridgehead atoms. The van der Waals surface area contributed by atoms with Crippen molar-refractivity contribution in [2.45, 2.75) is 33.7 Å². The molecule has 0 unspecified atom stereocenters. The minimum absolute atomic E-state index is 0.0646. The number of ketones is 1. The number of hydrogen-bond donors (Lipinski definition) is 1. The van der Waals surface area contributed by atoms with Crippen LogP contribution >= 0.6 is 0 Å². The molecule has 2 rings (SSSR count). The van der Waals surface area contributed by atoms with Gasteiger partial charge in [-0.05, 0) is 30.0 Å². The van der Waals surface area contributed by atoms with Crippen molar-refractivity contribution in [3.8, 4) is 5.75 Å². The third-order valence-electron chi connectivity index (χ3n) is 4.60. The van der Waals surface area contributed by atoms with Gasteiger partial charge in [0.25, 0.3) is 5.56 Å². The summed E-state index contributed by atoms with van der Waals surface area (Å²) in [6.07, 6.45) is -0.0652. The Bertz CT molecular complexity index is 1080. The number of esters is 1. The van der Waals surface area contributed by atoms with Gasteiger partial charge >= 0.3 is 11.7 Å². The van der Waals surface area contributed by atoms with E-state index in [1.54, 1.807) is 12.1 Å². The minimum Gasteiger partial charge on any atom is -0.496 e. The number of Topliss-reactive ketones (excluding diaryl/α,β-unsaturated/α-hetero) is 1. The summed E-state index contributed by atoms with van der Waals surface area (Å²) >= 11 is 0. The first-order valence-electron chi connectivity index (χ1n) is 9.48. The normalized spacial score (nSPS) is 10.9. The molecule has 0 radical (unpaired) electrons. The first-order valence-corrected chi connectivity index (χ1v) is 9.48. The number of nitrogens with zero attached hydrogens (tertiary/aromatic N) is 2. The van der Waals surface area contributed by atoms with Crippen LogP contribution in [0.15, 0.2) is 27.8 Å². The van der Waals surface area contributed by atoms with Gasteiger partial charge in [0.2, 0.25) is 5.78 Å². The standard InChI is InChI=1S/C21H27N3O6/c1-12(2)10-24-19(22)18(20(27)23(4)21(24)28)15(25)11-30-17(26)9-14-7-6-13(3)16(8-14)29-5/h6-8,12H,9-11,22H2,1-5H3. The Balaban J connectivity index is 2.18. The molecule has 2 N–H and O–H groups in total. The molecule has 1 aromatic carbocycles. The van der Waals surface area contributed by atoms with Gasteiger partial charge in [-0.3, -0.25) is 23.5 Å². The fourth-order valence-electron chi connectivity index (χ4n) is 3.00. The second kappa shape index (κ2) is 9.43. The van der Waals surface area contributed by atoms with Crippen LogP contribution in [-0.2, 0) is 29.5 Å². The lowest BCUT2D eigenvalue weighted by atomic mass is 10.1. The van der Waals surface area contributed by atoms with Crippen molar-refractivity contribution in [2.24, 2.45) is 13.0 Å². The van der Waals surface area contributed by atoms with Crippen LogP contribution in [0.4, 0.5) is 5.82 Å². The van der Waals surface area contributed by atoms with E-state index in [1.807, 2.05) is 26.8 Å². The van der Waals surface area contributed by atoms with Gasteiger partial charge in [0, 0.05) is 13.6 Å². The third kappa shape index (κ3) is 4.97. The number of aromatic nitrogens is 2. The highest BCUT2D eigenvalue weighted by Crippen LogP contribution is 2.19. The number of anilines is 1. The van der Waals surface area contributed by atoms with Crippen LogP contribution in [0.3, 0.4) is 0 Å². The van der Waals surface area contributed by atoms with Crippen molar-refractivity contribution in [2.75, 3.05) is 19.5 Å². The predicted molar refractivity (Wildman–Crippen MR) is 112 cm³/mol. The van der Waals surface area contributed by atoms with Gasteiger partial charge in [-0.25, -0.2) is 4.79 Å². The zero-order valence-corrected chi connectivity index (χ0v) is 17.9. The van der Waals surface area contributed by atoms with Crippen LogP contribution in [0, 0.1) is 12.8 Å². The Kier molecular flexibility index (Phi) is 7.20. The van der Waals surface area contributed by atoms with E-state index < -0.39 is 29.6 Å². The highest BCUT2D eigenvalue weighted by atomic mass is 16.5. The molecule has 0 aliphatic rings. The second-order valence-electron chi connectivity index (χ2n) is 7.48. The molecule has 0 saturated carbocycles. The molecule has 0 aliphatic heterocycles. The van der Waals surface area contributed by atoms with Crippen LogP contribution in [0.2, 0.25) is 0 Å². The summed E-state index contributed by atoms with van der Waals surface area (Å²) in [6.45, 7) is 5.22. The number of methoxy groups -OCH3 is 1. The van der Waals surface area contributed by atoms with E-state index in [1.165, 1.54) is 18.7 Å². The number of aryl methyl sites for hydroxylation is 1. The van der Waals surface area contributed by atoms with Crippen molar-refractivity contribution in [1.29, 1.82) is 0 Å². The fraction of sp³-hybridized carbons (Fsp3) is 0.429. The van der Waals surface area contributed by atoms with E-state index >= 15 is 0 Å². The molecule has 2 aromatic rings. The van der Waals surface area contributed by atoms with Gasteiger partial charge in [-0.2, -0.15) is 0 Å². The Labute approximate surface area is 174 Å². The maximum absolute atomic E-state index is 12.6. The molecule has 0 amide bonds. The van der Waals surface area contributed by atoms with E-state index in [0.29, 0.717) is 11.3 Å². The SMILES string of the molecule is COc1cc(CC(=O)OCC(=O)c2c(N)n(CC(C)C)c(=O)n(C)c2=O)ccc1C. The van der Waals surface area contributed by atoms with Gasteiger partial charge in [0.05, 0.1) is 13.5 Å². The smallest absolute Gasteiger partial charge is 0.332 e. The lowest BCUT2D eigenvalue weighted by molar-refractivity contribution is -0.141. The average molecular weight is 417 g/mol. The van der Waals surface area contributed by atoms with E-state index in [0.717, 1.165) is 10.1 Å². The van der Waals surface area contributed by atoms with Crippen molar-refractivity contribution in [3.05, 3.63) is 55.7 Å². The zero-order chi connectivity index (χ0) is 22.6. The number of nitrogens with two attached hydrogens (primary N) is 1. The number of carbonyl (C=O) groups is 2. The Morgan fingerprint density at radius 2 is 1.87 bits per heavy atom. The van der Waals surface area contributed by atoms with Crippen LogP contribution in [0.5, 0.6) is 5.75 Å². The van der Waals surface area contributed by atoms with Gasteiger partial charge in [0.1, 0.15) is 17.1 Å². The van der Waals surface area contributed by atoms with Crippen LogP contribution in [0.1, 0.15) is 35.3 Å². The van der Waals surface area contributed by atoms with E-state index in [4.69, 9.17) is 15.2 Å². The number of rotatable bonds is 8. The van der Waals surface area contributed by atoms with Gasteiger partial charge < -0.3 is 15.2 Å². The molecular weight excluding hydrogens is 390 g/mol. The summed E-state index contributed by atoms with van der Waals surface area (Å²) in [6, 6.07) is 5.29. The summed E-state index contributed by atoms with van der Waals surface area (Å²) in [5, 5.41) is 0. The molecule has 0 saturated heterocycles. The number of ether oxygens (including phenoxy) is 2. The Morgan fingerprint density at radius 3 is 2.47 bits per heavy atom. The van der Waals surface area contributed by atoms with Gasteiger partial charge in [-0.1, -0.05) is 26.0 Å². The first kappa shape index (κ1) is 22.9. The Hall–Kier alpha value is -3.36. The molecule has 0 fully saturated rings. The monoisotopic (exact) mass is 417 g/mol. The summed E-state index contributed by atoms with van der Waals surface area (Å²) in [7, 11) is 2.81. The first-order chi connectivity index (χ1) is 14.1. The van der Waals surface area contributed by atoms with Crippen molar-refractivity contribution in [3.63, 3.8) is 0 Å². The molecule has 0 atom stereocenters.